The molecule has 2 aromatic rings. The maximum Gasteiger partial charge on any atom is 0.401 e. The number of hydrogen-bond acceptors (Lipinski definition) is 3. The molecule has 2 aromatic carbocycles. The maximum absolute atomic E-state index is 12.5. The van der Waals surface area contributed by atoms with E-state index in [1.807, 2.05) is 24.3 Å². The number of carbonyl (C=O) groups is 1. The lowest BCUT2D eigenvalue weighted by atomic mass is 10.1. The normalized spacial score (nSPS) is 14.4. The van der Waals surface area contributed by atoms with Crippen LogP contribution in [0.5, 0.6) is 0 Å². The van der Waals surface area contributed by atoms with Crippen LogP contribution in [0.3, 0.4) is 0 Å². The van der Waals surface area contributed by atoms with Gasteiger partial charge < -0.3 is 10.4 Å². The van der Waals surface area contributed by atoms with Crippen molar-refractivity contribution in [3.05, 3.63) is 64.7 Å². The third-order valence-electron chi connectivity index (χ3n) is 4.07. The fraction of sp³-hybridized carbons (Fsp3) is 0.278. The van der Waals surface area contributed by atoms with Gasteiger partial charge in [-0.2, -0.15) is 13.2 Å². The van der Waals surface area contributed by atoms with E-state index in [4.69, 9.17) is 5.11 Å². The molecule has 0 fully saturated rings. The summed E-state index contributed by atoms with van der Waals surface area (Å²) >= 11 is 0. The van der Waals surface area contributed by atoms with Gasteiger partial charge in [0, 0.05) is 25.3 Å². The lowest BCUT2D eigenvalue weighted by Crippen LogP contribution is -2.29. The highest BCUT2D eigenvalue weighted by Crippen LogP contribution is 2.28. The van der Waals surface area contributed by atoms with Crippen LogP contribution in [-0.2, 0) is 19.6 Å². The quantitative estimate of drug-likeness (QED) is 0.859. The van der Waals surface area contributed by atoms with E-state index in [2.05, 4.69) is 5.32 Å². The molecule has 0 amide bonds. The summed E-state index contributed by atoms with van der Waals surface area (Å²) in [6, 6.07) is 12.1. The number of fused-ring (bicyclic) bond motifs is 1. The smallest absolute Gasteiger partial charge is 0.401 e. The number of benzene rings is 2. The van der Waals surface area contributed by atoms with Crippen LogP contribution in [0, 0.1) is 0 Å². The third-order valence-corrected chi connectivity index (χ3v) is 4.07. The molecule has 1 heterocycles. The Morgan fingerprint density at radius 2 is 1.88 bits per heavy atom. The highest BCUT2D eigenvalue weighted by atomic mass is 19.4. The first-order valence-electron chi connectivity index (χ1n) is 7.77. The van der Waals surface area contributed by atoms with Gasteiger partial charge in [-0.05, 0) is 41.0 Å². The summed E-state index contributed by atoms with van der Waals surface area (Å²) in [4.78, 5) is 12.3. The molecule has 1 aliphatic heterocycles. The van der Waals surface area contributed by atoms with E-state index in [1.165, 1.54) is 11.0 Å². The van der Waals surface area contributed by atoms with E-state index in [-0.39, 0.29) is 12.1 Å². The molecule has 0 aromatic heterocycles. The van der Waals surface area contributed by atoms with Gasteiger partial charge in [0.05, 0.1) is 12.1 Å². The zero-order valence-corrected chi connectivity index (χ0v) is 13.3. The summed E-state index contributed by atoms with van der Waals surface area (Å²) in [6.07, 6.45) is -4.20. The fourth-order valence-corrected chi connectivity index (χ4v) is 2.96. The second-order valence-electron chi connectivity index (χ2n) is 6.10. The van der Waals surface area contributed by atoms with Crippen LogP contribution in [0.4, 0.5) is 18.9 Å². The van der Waals surface area contributed by atoms with Crippen molar-refractivity contribution in [1.29, 1.82) is 0 Å². The van der Waals surface area contributed by atoms with Gasteiger partial charge in [-0.3, -0.25) is 4.90 Å². The molecule has 7 heteroatoms. The molecule has 0 saturated heterocycles. The second-order valence-corrected chi connectivity index (χ2v) is 6.10. The molecule has 3 rings (SSSR count). The van der Waals surface area contributed by atoms with Crippen molar-refractivity contribution in [3.8, 4) is 0 Å². The number of halogens is 3. The van der Waals surface area contributed by atoms with Gasteiger partial charge in [0.15, 0.2) is 0 Å². The van der Waals surface area contributed by atoms with Gasteiger partial charge in [0.2, 0.25) is 0 Å². The SMILES string of the molecule is O=C(O)c1cccc(CNc2ccc3c(c2)CN(CC(F)(F)F)C3)c1. The van der Waals surface area contributed by atoms with Gasteiger partial charge in [-0.1, -0.05) is 18.2 Å². The zero-order chi connectivity index (χ0) is 18.0. The lowest BCUT2D eigenvalue weighted by molar-refractivity contribution is -0.146. The summed E-state index contributed by atoms with van der Waals surface area (Å²) in [5.74, 6) is -0.982. The van der Waals surface area contributed by atoms with Crippen molar-refractivity contribution < 1.29 is 23.1 Å². The van der Waals surface area contributed by atoms with Crippen molar-refractivity contribution in [1.82, 2.24) is 4.90 Å². The van der Waals surface area contributed by atoms with E-state index in [0.29, 0.717) is 13.1 Å². The number of carboxylic acid groups (broad SMARTS) is 1. The van der Waals surface area contributed by atoms with E-state index < -0.39 is 18.7 Å². The van der Waals surface area contributed by atoms with Crippen LogP contribution in [0.25, 0.3) is 0 Å². The van der Waals surface area contributed by atoms with Crippen molar-refractivity contribution in [3.63, 3.8) is 0 Å². The number of nitrogens with zero attached hydrogens (tertiary/aromatic N) is 1. The molecule has 0 spiro atoms. The largest absolute Gasteiger partial charge is 0.478 e. The maximum atomic E-state index is 12.5. The van der Waals surface area contributed by atoms with Crippen molar-refractivity contribution in [2.24, 2.45) is 0 Å². The Morgan fingerprint density at radius 3 is 2.60 bits per heavy atom. The van der Waals surface area contributed by atoms with Gasteiger partial charge in [-0.25, -0.2) is 4.79 Å². The lowest BCUT2D eigenvalue weighted by Gasteiger charge is -2.16. The number of rotatable bonds is 5. The number of alkyl halides is 3. The monoisotopic (exact) mass is 350 g/mol. The molecule has 0 aliphatic carbocycles. The molecule has 1 aliphatic rings. The number of carboxylic acids is 1. The third kappa shape index (κ3) is 4.51. The molecular formula is C18H17F3N2O2. The molecule has 0 saturated carbocycles. The summed E-state index contributed by atoms with van der Waals surface area (Å²) in [5, 5.41) is 12.2. The minimum atomic E-state index is -4.20. The van der Waals surface area contributed by atoms with Crippen LogP contribution in [0.1, 0.15) is 27.0 Å². The van der Waals surface area contributed by atoms with Gasteiger partial charge >= 0.3 is 12.1 Å². The molecule has 0 atom stereocenters. The molecule has 0 bridgehead atoms. The zero-order valence-electron chi connectivity index (χ0n) is 13.3. The predicted molar refractivity (Wildman–Crippen MR) is 87.3 cm³/mol. The number of nitrogens with one attached hydrogen (secondary N) is 1. The first-order valence-corrected chi connectivity index (χ1v) is 7.77. The summed E-state index contributed by atoms with van der Waals surface area (Å²) in [5.41, 5.74) is 3.62. The minimum absolute atomic E-state index is 0.219. The topological polar surface area (TPSA) is 52.6 Å². The Kier molecular flexibility index (Phi) is 4.67. The standard InChI is InChI=1S/C18H17F3N2O2/c19-18(20,21)11-23-9-14-4-5-16(7-15(14)10-23)22-8-12-2-1-3-13(6-12)17(24)25/h1-7,22H,8-11H2,(H,24,25). The van der Waals surface area contributed by atoms with E-state index in [9.17, 15) is 18.0 Å². The summed E-state index contributed by atoms with van der Waals surface area (Å²) < 4.78 is 37.5. The van der Waals surface area contributed by atoms with Crippen molar-refractivity contribution in [2.45, 2.75) is 25.8 Å². The van der Waals surface area contributed by atoms with Crippen LogP contribution in [-0.4, -0.2) is 28.7 Å². The number of aromatic carboxylic acids is 1. The van der Waals surface area contributed by atoms with Crippen LogP contribution >= 0.6 is 0 Å². The molecule has 4 nitrogen and oxygen atoms in total. The van der Waals surface area contributed by atoms with Gasteiger partial charge in [-0.15, -0.1) is 0 Å². The highest BCUT2D eigenvalue weighted by molar-refractivity contribution is 5.87. The molecular weight excluding hydrogens is 333 g/mol. The van der Waals surface area contributed by atoms with Gasteiger partial charge in [0.1, 0.15) is 0 Å². The van der Waals surface area contributed by atoms with Crippen LogP contribution < -0.4 is 5.32 Å². The van der Waals surface area contributed by atoms with Crippen LogP contribution in [0.15, 0.2) is 42.5 Å². The van der Waals surface area contributed by atoms with E-state index in [0.717, 1.165) is 22.4 Å². The Labute approximate surface area is 142 Å². The Hall–Kier alpha value is -2.54. The fourth-order valence-electron chi connectivity index (χ4n) is 2.96. The predicted octanol–water partition coefficient (Wildman–Crippen LogP) is 3.87. The molecule has 132 valence electrons. The minimum Gasteiger partial charge on any atom is -0.478 e. The Bertz CT molecular complexity index is 790. The highest BCUT2D eigenvalue weighted by Gasteiger charge is 2.33. The average molecular weight is 350 g/mol. The van der Waals surface area contributed by atoms with Crippen LogP contribution in [0.2, 0.25) is 0 Å². The van der Waals surface area contributed by atoms with Crippen molar-refractivity contribution in [2.75, 3.05) is 11.9 Å². The molecule has 25 heavy (non-hydrogen) atoms. The van der Waals surface area contributed by atoms with Crippen molar-refractivity contribution >= 4 is 11.7 Å². The van der Waals surface area contributed by atoms with E-state index in [1.54, 1.807) is 12.1 Å². The molecule has 0 radical (unpaired) electrons. The first kappa shape index (κ1) is 17.3. The Morgan fingerprint density at radius 1 is 1.12 bits per heavy atom. The number of hydrogen-bond donors (Lipinski definition) is 2. The Balaban J connectivity index is 1.64. The summed E-state index contributed by atoms with van der Waals surface area (Å²) in [7, 11) is 0. The summed E-state index contributed by atoms with van der Waals surface area (Å²) in [6.45, 7) is 0.104. The number of anilines is 1. The average Bonchev–Trinajstić information content (AvgIpc) is 2.92. The van der Waals surface area contributed by atoms with Gasteiger partial charge in [0.25, 0.3) is 0 Å². The molecule has 0 unspecified atom stereocenters. The molecule has 2 N–H and O–H groups in total. The van der Waals surface area contributed by atoms with E-state index >= 15 is 0 Å². The second kappa shape index (κ2) is 6.76. The first-order chi connectivity index (χ1) is 11.8.